The fraction of sp³-hybridized carbons (Fsp3) is 0.538. The van der Waals surface area contributed by atoms with Crippen LogP contribution >= 0.6 is 11.8 Å². The highest BCUT2D eigenvalue weighted by atomic mass is 32.2. The Hall–Kier alpha value is -1.43. The summed E-state index contributed by atoms with van der Waals surface area (Å²) in [7, 11) is 0. The van der Waals surface area contributed by atoms with Gasteiger partial charge in [0.1, 0.15) is 6.54 Å². The number of carbonyl (C=O) groups excluding carboxylic acids is 2. The predicted molar refractivity (Wildman–Crippen MR) is 73.6 cm³/mol. The minimum atomic E-state index is 0.0517. The number of nitrogens with zero attached hydrogens (tertiary/aromatic N) is 3. The molecule has 6 heteroatoms. The fourth-order valence-electron chi connectivity index (χ4n) is 2.71. The minimum absolute atomic E-state index is 0.0517. The molecule has 2 aliphatic heterocycles. The Balaban J connectivity index is 1.69. The maximum atomic E-state index is 12.4. The smallest absolute Gasteiger partial charge is 0.242 e. The molecule has 0 saturated carbocycles. The first-order valence-corrected chi connectivity index (χ1v) is 7.62. The van der Waals surface area contributed by atoms with E-state index in [1.165, 1.54) is 5.69 Å². The Kier molecular flexibility index (Phi) is 3.26. The molecule has 0 aromatic carbocycles. The lowest BCUT2D eigenvalue weighted by Gasteiger charge is -2.35. The molecule has 0 spiro atoms. The molecule has 0 aliphatic carbocycles. The van der Waals surface area contributed by atoms with Crippen LogP contribution in [0.2, 0.25) is 0 Å². The van der Waals surface area contributed by atoms with Gasteiger partial charge in [0.25, 0.3) is 0 Å². The molecule has 2 aliphatic rings. The van der Waals surface area contributed by atoms with Crippen LogP contribution in [-0.4, -0.2) is 50.9 Å². The third-order valence-corrected chi connectivity index (χ3v) is 4.76. The molecule has 3 rings (SSSR count). The Labute approximate surface area is 116 Å². The van der Waals surface area contributed by atoms with Crippen LogP contribution in [0, 0.1) is 0 Å². The zero-order chi connectivity index (χ0) is 13.4. The van der Waals surface area contributed by atoms with Gasteiger partial charge in [-0.1, -0.05) is 0 Å². The maximum absolute atomic E-state index is 12.4. The zero-order valence-electron chi connectivity index (χ0n) is 10.9. The quantitative estimate of drug-likeness (QED) is 0.809. The van der Waals surface area contributed by atoms with Crippen molar-refractivity contribution < 1.29 is 9.59 Å². The number of amides is 2. The van der Waals surface area contributed by atoms with Gasteiger partial charge in [-0.25, -0.2) is 0 Å². The van der Waals surface area contributed by atoms with Crippen molar-refractivity contribution in [2.45, 2.75) is 19.5 Å². The van der Waals surface area contributed by atoms with Gasteiger partial charge in [-0.2, -0.15) is 0 Å². The molecule has 1 atom stereocenters. The van der Waals surface area contributed by atoms with Crippen LogP contribution in [0.5, 0.6) is 0 Å². The molecule has 1 saturated heterocycles. The Morgan fingerprint density at radius 1 is 1.47 bits per heavy atom. The molecule has 19 heavy (non-hydrogen) atoms. The van der Waals surface area contributed by atoms with E-state index in [2.05, 4.69) is 10.6 Å². The normalized spacial score (nSPS) is 22.8. The minimum Gasteiger partial charge on any atom is -0.348 e. The van der Waals surface area contributed by atoms with Gasteiger partial charge < -0.3 is 14.4 Å². The summed E-state index contributed by atoms with van der Waals surface area (Å²) in [6.07, 6.45) is 2.05. The van der Waals surface area contributed by atoms with E-state index >= 15 is 0 Å². The monoisotopic (exact) mass is 279 g/mol. The van der Waals surface area contributed by atoms with Crippen LogP contribution in [0.25, 0.3) is 0 Å². The zero-order valence-corrected chi connectivity index (χ0v) is 11.7. The van der Waals surface area contributed by atoms with Gasteiger partial charge in [-0.3, -0.25) is 9.59 Å². The van der Waals surface area contributed by atoms with E-state index in [0.29, 0.717) is 11.6 Å². The molecular weight excluding hydrogens is 262 g/mol. The second-order valence-electron chi connectivity index (χ2n) is 4.96. The first-order chi connectivity index (χ1) is 9.16. The van der Waals surface area contributed by atoms with Crippen molar-refractivity contribution in [2.75, 3.05) is 24.7 Å². The maximum Gasteiger partial charge on any atom is 0.242 e. The summed E-state index contributed by atoms with van der Waals surface area (Å²) in [4.78, 5) is 27.4. The molecule has 0 radical (unpaired) electrons. The average Bonchev–Trinajstić information content (AvgIpc) is 3.00. The van der Waals surface area contributed by atoms with Crippen LogP contribution in [0.15, 0.2) is 18.3 Å². The molecule has 0 N–H and O–H groups in total. The number of aromatic nitrogens is 1. The Bertz CT molecular complexity index is 514. The van der Waals surface area contributed by atoms with Gasteiger partial charge in [-0.05, 0) is 19.1 Å². The third-order valence-electron chi connectivity index (χ3n) is 3.81. The second-order valence-corrected chi connectivity index (χ2v) is 5.91. The highest BCUT2D eigenvalue weighted by molar-refractivity contribution is 8.00. The lowest BCUT2D eigenvalue weighted by molar-refractivity contribution is -0.140. The SMILES string of the molecule is C[C@H]1c2cccn2CCN1C(=O)CN1CSCC1=O. The van der Waals surface area contributed by atoms with E-state index in [0.717, 1.165) is 13.1 Å². The summed E-state index contributed by atoms with van der Waals surface area (Å²) in [6.45, 7) is 3.82. The van der Waals surface area contributed by atoms with Gasteiger partial charge in [0, 0.05) is 25.0 Å². The third kappa shape index (κ3) is 2.25. The standard InChI is InChI=1S/C13H17N3O2S/c1-10-11-3-2-4-14(11)5-6-16(10)12(17)7-15-9-19-8-13(15)18/h2-4,10H,5-9H2,1H3/t10-/m0/s1. The molecule has 2 amide bonds. The molecular formula is C13H17N3O2S. The predicted octanol–water partition coefficient (Wildman–Crippen LogP) is 0.924. The van der Waals surface area contributed by atoms with E-state index in [4.69, 9.17) is 0 Å². The molecule has 102 valence electrons. The van der Waals surface area contributed by atoms with E-state index < -0.39 is 0 Å². The van der Waals surface area contributed by atoms with E-state index in [9.17, 15) is 9.59 Å². The number of hydrogen-bond donors (Lipinski definition) is 0. The van der Waals surface area contributed by atoms with E-state index in [1.807, 2.05) is 24.1 Å². The fourth-order valence-corrected chi connectivity index (χ4v) is 3.62. The summed E-state index contributed by atoms with van der Waals surface area (Å²) >= 11 is 1.57. The lowest BCUT2D eigenvalue weighted by Crippen LogP contribution is -2.46. The van der Waals surface area contributed by atoms with Crippen molar-refractivity contribution in [3.8, 4) is 0 Å². The Morgan fingerprint density at radius 2 is 2.32 bits per heavy atom. The molecule has 0 bridgehead atoms. The first-order valence-electron chi connectivity index (χ1n) is 6.47. The number of fused-ring (bicyclic) bond motifs is 1. The number of carbonyl (C=O) groups is 2. The van der Waals surface area contributed by atoms with Gasteiger partial charge in [0.2, 0.25) is 11.8 Å². The first kappa shape index (κ1) is 12.6. The molecule has 1 aromatic heterocycles. The average molecular weight is 279 g/mol. The largest absolute Gasteiger partial charge is 0.348 e. The van der Waals surface area contributed by atoms with Crippen molar-refractivity contribution in [1.29, 1.82) is 0 Å². The van der Waals surface area contributed by atoms with Gasteiger partial charge in [0.05, 0.1) is 17.7 Å². The van der Waals surface area contributed by atoms with Gasteiger partial charge in [-0.15, -0.1) is 11.8 Å². The van der Waals surface area contributed by atoms with Crippen LogP contribution < -0.4 is 0 Å². The van der Waals surface area contributed by atoms with Crippen molar-refractivity contribution in [3.63, 3.8) is 0 Å². The molecule has 1 aromatic rings. The molecule has 1 fully saturated rings. The summed E-state index contributed by atoms with van der Waals surface area (Å²) in [5, 5.41) is 0. The van der Waals surface area contributed by atoms with Crippen molar-refractivity contribution in [2.24, 2.45) is 0 Å². The van der Waals surface area contributed by atoms with Crippen LogP contribution in [0.4, 0.5) is 0 Å². The van der Waals surface area contributed by atoms with Crippen molar-refractivity contribution >= 4 is 23.6 Å². The summed E-state index contributed by atoms with van der Waals surface area (Å²) in [6, 6.07) is 4.16. The summed E-state index contributed by atoms with van der Waals surface area (Å²) in [5.41, 5.74) is 1.17. The van der Waals surface area contributed by atoms with Crippen molar-refractivity contribution in [1.82, 2.24) is 14.4 Å². The molecule has 0 unspecified atom stereocenters. The van der Waals surface area contributed by atoms with E-state index in [-0.39, 0.29) is 24.4 Å². The second kappa shape index (κ2) is 4.92. The molecule has 5 nitrogen and oxygen atoms in total. The Morgan fingerprint density at radius 3 is 3.05 bits per heavy atom. The summed E-state index contributed by atoms with van der Waals surface area (Å²) < 4.78 is 2.19. The number of rotatable bonds is 2. The van der Waals surface area contributed by atoms with Crippen LogP contribution in [-0.2, 0) is 16.1 Å². The highest BCUT2D eigenvalue weighted by Gasteiger charge is 2.30. The van der Waals surface area contributed by atoms with Gasteiger partial charge >= 0.3 is 0 Å². The topological polar surface area (TPSA) is 45.6 Å². The highest BCUT2D eigenvalue weighted by Crippen LogP contribution is 2.26. The van der Waals surface area contributed by atoms with Gasteiger partial charge in [0.15, 0.2) is 0 Å². The van der Waals surface area contributed by atoms with Crippen LogP contribution in [0.3, 0.4) is 0 Å². The van der Waals surface area contributed by atoms with Crippen LogP contribution in [0.1, 0.15) is 18.7 Å². The van der Waals surface area contributed by atoms with E-state index in [1.54, 1.807) is 16.7 Å². The van der Waals surface area contributed by atoms with Crippen molar-refractivity contribution in [3.05, 3.63) is 24.0 Å². The lowest BCUT2D eigenvalue weighted by atomic mass is 10.1. The summed E-state index contributed by atoms with van der Waals surface area (Å²) in [5.74, 6) is 1.27. The number of hydrogen-bond acceptors (Lipinski definition) is 3. The molecule has 3 heterocycles. The number of thioether (sulfide) groups is 1.